The lowest BCUT2D eigenvalue weighted by Gasteiger charge is -2.28. The van der Waals surface area contributed by atoms with Crippen LogP contribution < -0.4 is 11.1 Å². The van der Waals surface area contributed by atoms with E-state index in [1.165, 1.54) is 0 Å². The summed E-state index contributed by atoms with van der Waals surface area (Å²) in [5, 5.41) is 1.86. The SMILES string of the molecule is NC1CCCCC1C(=O)NCC(F)(F)C(F)F. The van der Waals surface area contributed by atoms with Crippen molar-refractivity contribution >= 4 is 5.91 Å². The molecular weight excluding hydrogens is 240 g/mol. The second kappa shape index (κ2) is 5.66. The summed E-state index contributed by atoms with van der Waals surface area (Å²) in [6, 6.07) is -0.371. The fourth-order valence-corrected chi connectivity index (χ4v) is 1.90. The molecule has 100 valence electrons. The molecule has 0 aliphatic heterocycles. The number of carbonyl (C=O) groups is 1. The molecule has 7 heteroatoms. The summed E-state index contributed by atoms with van der Waals surface area (Å²) in [6.45, 7) is -1.34. The quantitative estimate of drug-likeness (QED) is 0.749. The Hall–Kier alpha value is -0.850. The van der Waals surface area contributed by atoms with Crippen LogP contribution in [0.25, 0.3) is 0 Å². The molecule has 0 aromatic heterocycles. The molecule has 2 unspecified atom stereocenters. The van der Waals surface area contributed by atoms with Gasteiger partial charge in [0.25, 0.3) is 0 Å². The van der Waals surface area contributed by atoms with Gasteiger partial charge in [0, 0.05) is 6.04 Å². The molecule has 1 aliphatic carbocycles. The third-order valence-corrected chi connectivity index (χ3v) is 2.97. The minimum absolute atomic E-state index is 0.371. The highest BCUT2D eigenvalue weighted by Gasteiger charge is 2.41. The molecule has 1 fully saturated rings. The summed E-state index contributed by atoms with van der Waals surface area (Å²) in [7, 11) is 0. The first-order chi connectivity index (χ1) is 7.84. The number of alkyl halides is 4. The van der Waals surface area contributed by atoms with Crippen LogP contribution >= 0.6 is 0 Å². The molecule has 0 heterocycles. The van der Waals surface area contributed by atoms with Gasteiger partial charge in [0.1, 0.15) is 0 Å². The zero-order valence-corrected chi connectivity index (χ0v) is 9.27. The third kappa shape index (κ3) is 3.83. The highest BCUT2D eigenvalue weighted by Crippen LogP contribution is 2.24. The zero-order chi connectivity index (χ0) is 13.1. The van der Waals surface area contributed by atoms with Crippen molar-refractivity contribution in [2.45, 2.75) is 44.1 Å². The van der Waals surface area contributed by atoms with Crippen LogP contribution in [0.4, 0.5) is 17.6 Å². The number of carbonyl (C=O) groups excluding carboxylic acids is 1. The van der Waals surface area contributed by atoms with Crippen molar-refractivity contribution in [1.82, 2.24) is 5.32 Å². The Kier molecular flexibility index (Phi) is 4.73. The third-order valence-electron chi connectivity index (χ3n) is 2.97. The molecule has 0 bridgehead atoms. The number of nitrogens with one attached hydrogen (secondary N) is 1. The zero-order valence-electron chi connectivity index (χ0n) is 9.27. The standard InChI is InChI=1S/C10H16F4N2O/c11-9(12)10(13,14)5-16-8(17)6-3-1-2-4-7(6)15/h6-7,9H,1-5,15H2,(H,16,17). The monoisotopic (exact) mass is 256 g/mol. The minimum atomic E-state index is -4.19. The lowest BCUT2D eigenvalue weighted by Crippen LogP contribution is -2.48. The van der Waals surface area contributed by atoms with Crippen molar-refractivity contribution < 1.29 is 22.4 Å². The maximum absolute atomic E-state index is 12.6. The van der Waals surface area contributed by atoms with E-state index in [1.807, 2.05) is 5.32 Å². The predicted octanol–water partition coefficient (Wildman–Crippen LogP) is 1.52. The van der Waals surface area contributed by atoms with Crippen LogP contribution in [0.3, 0.4) is 0 Å². The Balaban J connectivity index is 2.44. The Labute approximate surface area is 96.7 Å². The number of hydrogen-bond donors (Lipinski definition) is 2. The molecule has 0 saturated heterocycles. The molecule has 1 saturated carbocycles. The maximum atomic E-state index is 12.6. The van der Waals surface area contributed by atoms with E-state index in [9.17, 15) is 22.4 Å². The van der Waals surface area contributed by atoms with E-state index in [0.717, 1.165) is 12.8 Å². The van der Waals surface area contributed by atoms with E-state index < -0.39 is 30.7 Å². The van der Waals surface area contributed by atoms with Crippen molar-refractivity contribution in [1.29, 1.82) is 0 Å². The Morgan fingerprint density at radius 3 is 2.47 bits per heavy atom. The van der Waals surface area contributed by atoms with Crippen molar-refractivity contribution in [3.8, 4) is 0 Å². The van der Waals surface area contributed by atoms with Crippen molar-refractivity contribution in [3.05, 3.63) is 0 Å². The molecule has 3 N–H and O–H groups in total. The lowest BCUT2D eigenvalue weighted by molar-refractivity contribution is -0.139. The fourth-order valence-electron chi connectivity index (χ4n) is 1.90. The molecule has 0 radical (unpaired) electrons. The van der Waals surface area contributed by atoms with Crippen LogP contribution in [0.5, 0.6) is 0 Å². The number of amides is 1. The first kappa shape index (κ1) is 14.2. The lowest BCUT2D eigenvalue weighted by atomic mass is 9.84. The van der Waals surface area contributed by atoms with Crippen LogP contribution in [0.15, 0.2) is 0 Å². The van der Waals surface area contributed by atoms with Gasteiger partial charge in [-0.15, -0.1) is 0 Å². The topological polar surface area (TPSA) is 55.1 Å². The van der Waals surface area contributed by atoms with E-state index in [1.54, 1.807) is 0 Å². The molecule has 0 aromatic carbocycles. The van der Waals surface area contributed by atoms with Gasteiger partial charge in [-0.1, -0.05) is 12.8 Å². The Morgan fingerprint density at radius 1 is 1.35 bits per heavy atom. The van der Waals surface area contributed by atoms with E-state index >= 15 is 0 Å². The Bertz CT molecular complexity index is 273. The molecule has 0 spiro atoms. The van der Waals surface area contributed by atoms with Gasteiger partial charge in [-0.3, -0.25) is 4.79 Å². The van der Waals surface area contributed by atoms with E-state index in [-0.39, 0.29) is 6.04 Å². The van der Waals surface area contributed by atoms with Gasteiger partial charge < -0.3 is 11.1 Å². The summed E-state index contributed by atoms with van der Waals surface area (Å²) in [5.74, 6) is -5.39. The highest BCUT2D eigenvalue weighted by atomic mass is 19.3. The molecule has 0 aromatic rings. The van der Waals surface area contributed by atoms with Crippen molar-refractivity contribution in [2.24, 2.45) is 11.7 Å². The number of rotatable bonds is 4. The summed E-state index contributed by atoms with van der Waals surface area (Å²) < 4.78 is 48.9. The fraction of sp³-hybridized carbons (Fsp3) is 0.900. The second-order valence-corrected chi connectivity index (χ2v) is 4.33. The first-order valence-corrected chi connectivity index (χ1v) is 5.54. The normalized spacial score (nSPS) is 26.0. The van der Waals surface area contributed by atoms with Gasteiger partial charge >= 0.3 is 12.3 Å². The van der Waals surface area contributed by atoms with Crippen LogP contribution in [0.2, 0.25) is 0 Å². The summed E-state index contributed by atoms with van der Waals surface area (Å²) in [5.41, 5.74) is 5.68. The van der Waals surface area contributed by atoms with Crippen LogP contribution in [0.1, 0.15) is 25.7 Å². The van der Waals surface area contributed by atoms with E-state index in [2.05, 4.69) is 0 Å². The van der Waals surface area contributed by atoms with Gasteiger partial charge in [-0.25, -0.2) is 8.78 Å². The summed E-state index contributed by atoms with van der Waals surface area (Å²) in [6.07, 6.45) is -0.894. The van der Waals surface area contributed by atoms with Gasteiger partial charge in [0.2, 0.25) is 5.91 Å². The molecular formula is C10H16F4N2O. The molecule has 1 rings (SSSR count). The minimum Gasteiger partial charge on any atom is -0.350 e. The van der Waals surface area contributed by atoms with Gasteiger partial charge in [0.05, 0.1) is 12.5 Å². The largest absolute Gasteiger partial charge is 0.350 e. The van der Waals surface area contributed by atoms with Gasteiger partial charge in [-0.05, 0) is 12.8 Å². The molecule has 3 nitrogen and oxygen atoms in total. The maximum Gasteiger partial charge on any atom is 0.324 e. The number of nitrogens with two attached hydrogens (primary N) is 1. The average molecular weight is 256 g/mol. The molecule has 17 heavy (non-hydrogen) atoms. The van der Waals surface area contributed by atoms with E-state index in [0.29, 0.717) is 12.8 Å². The molecule has 2 atom stereocenters. The summed E-state index contributed by atoms with van der Waals surface area (Å²) >= 11 is 0. The average Bonchev–Trinajstić information content (AvgIpc) is 2.26. The predicted molar refractivity (Wildman–Crippen MR) is 53.9 cm³/mol. The molecule has 1 aliphatic rings. The smallest absolute Gasteiger partial charge is 0.324 e. The van der Waals surface area contributed by atoms with Crippen LogP contribution in [0, 0.1) is 5.92 Å². The van der Waals surface area contributed by atoms with Gasteiger partial charge in [0.15, 0.2) is 0 Å². The summed E-state index contributed by atoms with van der Waals surface area (Å²) in [4.78, 5) is 11.5. The second-order valence-electron chi connectivity index (χ2n) is 4.33. The first-order valence-electron chi connectivity index (χ1n) is 5.54. The number of hydrogen-bond acceptors (Lipinski definition) is 2. The van der Waals surface area contributed by atoms with Gasteiger partial charge in [-0.2, -0.15) is 8.78 Å². The highest BCUT2D eigenvalue weighted by molar-refractivity contribution is 5.79. The molecule has 1 amide bonds. The van der Waals surface area contributed by atoms with Crippen LogP contribution in [-0.4, -0.2) is 30.8 Å². The Morgan fingerprint density at radius 2 is 1.94 bits per heavy atom. The van der Waals surface area contributed by atoms with Crippen molar-refractivity contribution in [3.63, 3.8) is 0 Å². The van der Waals surface area contributed by atoms with Crippen molar-refractivity contribution in [2.75, 3.05) is 6.54 Å². The number of halogens is 4. The van der Waals surface area contributed by atoms with Crippen LogP contribution in [-0.2, 0) is 4.79 Å². The van der Waals surface area contributed by atoms with E-state index in [4.69, 9.17) is 5.73 Å².